The van der Waals surface area contributed by atoms with Crippen LogP contribution in [0, 0.1) is 11.8 Å². The van der Waals surface area contributed by atoms with Gasteiger partial charge in [0.2, 0.25) is 0 Å². The van der Waals surface area contributed by atoms with Gasteiger partial charge >= 0.3 is 0 Å². The van der Waals surface area contributed by atoms with Gasteiger partial charge in [0.25, 0.3) is 0 Å². The normalized spacial score (nSPS) is 42.6. The zero-order valence-corrected chi connectivity index (χ0v) is 10.3. The molecule has 88 valence electrons. The number of likely N-dealkylation sites (tertiary alicyclic amines) is 1. The molecule has 1 aliphatic heterocycles. The molecular weight excluding hydrogens is 184 g/mol. The molecule has 2 nitrogen and oxygen atoms in total. The van der Waals surface area contributed by atoms with Gasteiger partial charge in [0.15, 0.2) is 0 Å². The van der Waals surface area contributed by atoms with E-state index in [9.17, 15) is 0 Å². The van der Waals surface area contributed by atoms with Crippen molar-refractivity contribution >= 4 is 0 Å². The molecule has 0 aromatic heterocycles. The Hall–Kier alpha value is -0.0800. The lowest BCUT2D eigenvalue weighted by molar-refractivity contribution is 0.121. The van der Waals surface area contributed by atoms with Crippen LogP contribution in [-0.4, -0.2) is 30.1 Å². The smallest absolute Gasteiger partial charge is 0.0334 e. The molecular formula is C13H26N2. The van der Waals surface area contributed by atoms with Crippen LogP contribution in [0.15, 0.2) is 0 Å². The van der Waals surface area contributed by atoms with Crippen molar-refractivity contribution in [2.75, 3.05) is 19.6 Å². The van der Waals surface area contributed by atoms with Gasteiger partial charge in [0, 0.05) is 18.6 Å². The average Bonchev–Trinajstić information content (AvgIpc) is 2.84. The standard InChI is InChI=1S/C13H26N2/c1-3-12-5-7-15(9-12)13(10-14)6-4-11(2)8-13/h11-12H,3-10,14H2,1-2H3. The van der Waals surface area contributed by atoms with E-state index in [0.29, 0.717) is 5.54 Å². The van der Waals surface area contributed by atoms with Crippen molar-refractivity contribution in [1.82, 2.24) is 4.90 Å². The first-order valence-electron chi connectivity index (χ1n) is 6.65. The Morgan fingerprint density at radius 3 is 2.67 bits per heavy atom. The van der Waals surface area contributed by atoms with Crippen LogP contribution in [0.2, 0.25) is 0 Å². The van der Waals surface area contributed by atoms with E-state index in [4.69, 9.17) is 5.73 Å². The molecule has 2 fully saturated rings. The molecule has 2 aliphatic rings. The molecule has 2 heteroatoms. The van der Waals surface area contributed by atoms with E-state index in [1.807, 2.05) is 0 Å². The van der Waals surface area contributed by atoms with Crippen LogP contribution in [0.1, 0.15) is 46.0 Å². The second-order valence-corrected chi connectivity index (χ2v) is 5.79. The summed E-state index contributed by atoms with van der Waals surface area (Å²) in [6, 6.07) is 0. The van der Waals surface area contributed by atoms with Gasteiger partial charge in [-0.05, 0) is 44.1 Å². The zero-order valence-electron chi connectivity index (χ0n) is 10.3. The topological polar surface area (TPSA) is 29.3 Å². The summed E-state index contributed by atoms with van der Waals surface area (Å²) in [7, 11) is 0. The summed E-state index contributed by atoms with van der Waals surface area (Å²) >= 11 is 0. The summed E-state index contributed by atoms with van der Waals surface area (Å²) < 4.78 is 0. The van der Waals surface area contributed by atoms with Crippen LogP contribution < -0.4 is 5.73 Å². The largest absolute Gasteiger partial charge is 0.329 e. The van der Waals surface area contributed by atoms with Crippen molar-refractivity contribution in [3.63, 3.8) is 0 Å². The predicted molar refractivity (Wildman–Crippen MR) is 64.8 cm³/mol. The van der Waals surface area contributed by atoms with Crippen LogP contribution in [0.5, 0.6) is 0 Å². The van der Waals surface area contributed by atoms with Crippen molar-refractivity contribution in [3.8, 4) is 0 Å². The maximum Gasteiger partial charge on any atom is 0.0334 e. The summed E-state index contributed by atoms with van der Waals surface area (Å²) in [5.41, 5.74) is 6.43. The third-order valence-electron chi connectivity index (χ3n) is 4.74. The van der Waals surface area contributed by atoms with Gasteiger partial charge in [-0.2, -0.15) is 0 Å². The Bertz CT molecular complexity index is 217. The van der Waals surface area contributed by atoms with Gasteiger partial charge in [0.05, 0.1) is 0 Å². The van der Waals surface area contributed by atoms with Crippen molar-refractivity contribution in [3.05, 3.63) is 0 Å². The Kier molecular flexibility index (Phi) is 3.36. The van der Waals surface area contributed by atoms with Gasteiger partial charge in [-0.3, -0.25) is 4.90 Å². The summed E-state index contributed by atoms with van der Waals surface area (Å²) in [4.78, 5) is 2.71. The molecule has 1 saturated carbocycles. The number of nitrogens with two attached hydrogens (primary N) is 1. The second-order valence-electron chi connectivity index (χ2n) is 5.79. The fraction of sp³-hybridized carbons (Fsp3) is 1.00. The molecule has 1 aliphatic carbocycles. The van der Waals surface area contributed by atoms with Crippen molar-refractivity contribution in [2.24, 2.45) is 17.6 Å². The average molecular weight is 210 g/mol. The minimum atomic E-state index is 0.378. The highest BCUT2D eigenvalue weighted by molar-refractivity contribution is 5.00. The zero-order chi connectivity index (χ0) is 10.9. The highest BCUT2D eigenvalue weighted by atomic mass is 15.2. The molecule has 2 rings (SSSR count). The first-order valence-corrected chi connectivity index (χ1v) is 6.65. The van der Waals surface area contributed by atoms with Crippen molar-refractivity contribution in [2.45, 2.75) is 51.5 Å². The Labute approximate surface area is 94.2 Å². The van der Waals surface area contributed by atoms with E-state index in [-0.39, 0.29) is 0 Å². The first-order chi connectivity index (χ1) is 7.20. The summed E-state index contributed by atoms with van der Waals surface area (Å²) in [6.45, 7) is 8.17. The summed E-state index contributed by atoms with van der Waals surface area (Å²) in [5, 5.41) is 0. The molecule has 3 unspecified atom stereocenters. The first kappa shape index (κ1) is 11.4. The fourth-order valence-corrected chi connectivity index (χ4v) is 3.57. The molecule has 1 saturated heterocycles. The Morgan fingerprint density at radius 2 is 2.20 bits per heavy atom. The number of hydrogen-bond donors (Lipinski definition) is 1. The van der Waals surface area contributed by atoms with E-state index >= 15 is 0 Å². The molecule has 0 bridgehead atoms. The third-order valence-corrected chi connectivity index (χ3v) is 4.74. The maximum absolute atomic E-state index is 6.06. The van der Waals surface area contributed by atoms with Crippen molar-refractivity contribution in [1.29, 1.82) is 0 Å². The lowest BCUT2D eigenvalue weighted by Gasteiger charge is -2.38. The predicted octanol–water partition coefficient (Wildman–Crippen LogP) is 2.24. The van der Waals surface area contributed by atoms with Crippen LogP contribution in [-0.2, 0) is 0 Å². The monoisotopic (exact) mass is 210 g/mol. The molecule has 2 N–H and O–H groups in total. The molecule has 0 amide bonds. The van der Waals surface area contributed by atoms with Gasteiger partial charge in [-0.1, -0.05) is 20.3 Å². The molecule has 0 aromatic carbocycles. The highest BCUT2D eigenvalue weighted by Crippen LogP contribution is 2.40. The van der Waals surface area contributed by atoms with E-state index < -0.39 is 0 Å². The number of hydrogen-bond acceptors (Lipinski definition) is 2. The second kappa shape index (κ2) is 4.42. The lowest BCUT2D eigenvalue weighted by Crippen LogP contribution is -2.51. The van der Waals surface area contributed by atoms with Crippen LogP contribution >= 0.6 is 0 Å². The summed E-state index contributed by atoms with van der Waals surface area (Å²) in [5.74, 6) is 1.82. The molecule has 3 atom stereocenters. The third kappa shape index (κ3) is 2.07. The van der Waals surface area contributed by atoms with Crippen LogP contribution in [0.3, 0.4) is 0 Å². The van der Waals surface area contributed by atoms with E-state index in [1.165, 1.54) is 45.2 Å². The fourth-order valence-electron chi connectivity index (χ4n) is 3.57. The lowest BCUT2D eigenvalue weighted by atomic mass is 9.94. The van der Waals surface area contributed by atoms with E-state index in [1.54, 1.807) is 0 Å². The molecule has 15 heavy (non-hydrogen) atoms. The molecule has 1 heterocycles. The van der Waals surface area contributed by atoms with E-state index in [2.05, 4.69) is 18.7 Å². The molecule has 0 spiro atoms. The number of rotatable bonds is 3. The van der Waals surface area contributed by atoms with Crippen molar-refractivity contribution < 1.29 is 0 Å². The Morgan fingerprint density at radius 1 is 1.40 bits per heavy atom. The SMILES string of the molecule is CCC1CCN(C2(CN)CCC(C)C2)C1. The minimum absolute atomic E-state index is 0.378. The van der Waals surface area contributed by atoms with E-state index in [0.717, 1.165) is 18.4 Å². The van der Waals surface area contributed by atoms with Gasteiger partial charge < -0.3 is 5.73 Å². The van der Waals surface area contributed by atoms with Gasteiger partial charge in [-0.25, -0.2) is 0 Å². The van der Waals surface area contributed by atoms with Crippen LogP contribution in [0.25, 0.3) is 0 Å². The highest BCUT2D eigenvalue weighted by Gasteiger charge is 2.43. The molecule has 0 radical (unpaired) electrons. The summed E-state index contributed by atoms with van der Waals surface area (Å²) in [6.07, 6.45) is 6.78. The van der Waals surface area contributed by atoms with Gasteiger partial charge in [0.1, 0.15) is 0 Å². The minimum Gasteiger partial charge on any atom is -0.329 e. The maximum atomic E-state index is 6.06. The number of nitrogens with zero attached hydrogens (tertiary/aromatic N) is 1. The molecule has 0 aromatic rings. The van der Waals surface area contributed by atoms with Crippen LogP contribution in [0.4, 0.5) is 0 Å². The Balaban J connectivity index is 2.01. The van der Waals surface area contributed by atoms with Gasteiger partial charge in [-0.15, -0.1) is 0 Å². The quantitative estimate of drug-likeness (QED) is 0.774.